The molecule has 0 bridgehead atoms. The molecule has 104 valence electrons. The van der Waals surface area contributed by atoms with Crippen molar-refractivity contribution in [1.29, 1.82) is 0 Å². The lowest BCUT2D eigenvalue weighted by Gasteiger charge is -2.05. The van der Waals surface area contributed by atoms with Crippen LogP contribution in [0.5, 0.6) is 0 Å². The first-order chi connectivity index (χ1) is 9.47. The number of aromatic nitrogens is 2. The highest BCUT2D eigenvalue weighted by Crippen LogP contribution is 2.23. The van der Waals surface area contributed by atoms with Gasteiger partial charge >= 0.3 is 11.7 Å². The van der Waals surface area contributed by atoms with Crippen LogP contribution < -0.4 is 5.32 Å². The number of nitrogens with one attached hydrogen (secondary N) is 1. The lowest BCUT2D eigenvalue weighted by Crippen LogP contribution is -2.08. The molecule has 0 amide bonds. The number of carboxylic acids is 1. The highest BCUT2D eigenvalue weighted by atomic mass is 32.1. The van der Waals surface area contributed by atoms with Gasteiger partial charge in [-0.25, -0.2) is 14.8 Å². The summed E-state index contributed by atoms with van der Waals surface area (Å²) >= 11 is 1.44. The maximum atomic E-state index is 10.9. The smallest absolute Gasteiger partial charge is 0.354 e. The van der Waals surface area contributed by atoms with E-state index in [4.69, 9.17) is 5.11 Å². The standard InChI is InChI=1S/C11H10N4O4S/c1-6-4-12-9(20-6)5-13-10-8(15(18)19)3-2-7(14-10)11(16)17/h2-4H,5H2,1H3,(H,13,14)(H,16,17). The molecule has 0 saturated heterocycles. The quantitative estimate of drug-likeness (QED) is 0.640. The minimum absolute atomic E-state index is 0.0808. The molecule has 0 saturated carbocycles. The Balaban J connectivity index is 2.25. The lowest BCUT2D eigenvalue weighted by atomic mass is 10.3. The van der Waals surface area contributed by atoms with E-state index in [-0.39, 0.29) is 23.7 Å². The third-order valence-electron chi connectivity index (χ3n) is 2.37. The summed E-state index contributed by atoms with van der Waals surface area (Å²) < 4.78 is 0. The molecule has 2 N–H and O–H groups in total. The van der Waals surface area contributed by atoms with Crippen molar-refractivity contribution >= 4 is 28.8 Å². The number of pyridine rings is 1. The number of aromatic carboxylic acids is 1. The number of anilines is 1. The van der Waals surface area contributed by atoms with Crippen LogP contribution in [0.25, 0.3) is 0 Å². The molecule has 0 spiro atoms. The monoisotopic (exact) mass is 294 g/mol. The highest BCUT2D eigenvalue weighted by Gasteiger charge is 2.18. The van der Waals surface area contributed by atoms with Crippen LogP contribution in [-0.2, 0) is 6.54 Å². The zero-order chi connectivity index (χ0) is 14.7. The zero-order valence-electron chi connectivity index (χ0n) is 10.4. The van der Waals surface area contributed by atoms with Gasteiger partial charge in [0.15, 0.2) is 5.69 Å². The molecule has 20 heavy (non-hydrogen) atoms. The molecule has 2 rings (SSSR count). The van der Waals surface area contributed by atoms with E-state index in [9.17, 15) is 14.9 Å². The van der Waals surface area contributed by atoms with Crippen molar-refractivity contribution < 1.29 is 14.8 Å². The predicted octanol–water partition coefficient (Wildman–Crippen LogP) is 2.07. The van der Waals surface area contributed by atoms with Crippen LogP contribution in [0.2, 0.25) is 0 Å². The maximum Gasteiger partial charge on any atom is 0.354 e. The molecular formula is C11H10N4O4S. The van der Waals surface area contributed by atoms with Crippen molar-refractivity contribution in [3.8, 4) is 0 Å². The summed E-state index contributed by atoms with van der Waals surface area (Å²) in [6.07, 6.45) is 1.69. The Kier molecular flexibility index (Phi) is 3.89. The van der Waals surface area contributed by atoms with E-state index in [0.717, 1.165) is 22.0 Å². The van der Waals surface area contributed by atoms with E-state index in [2.05, 4.69) is 15.3 Å². The average Bonchev–Trinajstić information content (AvgIpc) is 2.81. The molecule has 9 heteroatoms. The van der Waals surface area contributed by atoms with Crippen molar-refractivity contribution in [3.63, 3.8) is 0 Å². The minimum Gasteiger partial charge on any atom is -0.477 e. The predicted molar refractivity (Wildman–Crippen MR) is 72.0 cm³/mol. The van der Waals surface area contributed by atoms with Crippen LogP contribution in [0, 0.1) is 17.0 Å². The van der Waals surface area contributed by atoms with Crippen LogP contribution in [0.15, 0.2) is 18.3 Å². The molecular weight excluding hydrogens is 284 g/mol. The number of hydrogen-bond acceptors (Lipinski definition) is 7. The molecule has 0 aliphatic rings. The van der Waals surface area contributed by atoms with Crippen LogP contribution in [-0.4, -0.2) is 26.0 Å². The number of hydrogen-bond donors (Lipinski definition) is 2. The second-order valence-corrected chi connectivity index (χ2v) is 5.16. The average molecular weight is 294 g/mol. The second-order valence-electron chi connectivity index (χ2n) is 3.84. The van der Waals surface area contributed by atoms with E-state index in [1.165, 1.54) is 11.3 Å². The lowest BCUT2D eigenvalue weighted by molar-refractivity contribution is -0.384. The van der Waals surface area contributed by atoms with Crippen molar-refractivity contribution in [1.82, 2.24) is 9.97 Å². The van der Waals surface area contributed by atoms with Gasteiger partial charge in [0.25, 0.3) is 0 Å². The van der Waals surface area contributed by atoms with Crippen LogP contribution in [0.1, 0.15) is 20.4 Å². The third-order valence-corrected chi connectivity index (χ3v) is 3.28. The van der Waals surface area contributed by atoms with Crippen molar-refractivity contribution in [2.45, 2.75) is 13.5 Å². The van der Waals surface area contributed by atoms with Gasteiger partial charge in [0.2, 0.25) is 5.82 Å². The van der Waals surface area contributed by atoms with E-state index in [0.29, 0.717) is 0 Å². The van der Waals surface area contributed by atoms with Gasteiger partial charge in [-0.1, -0.05) is 0 Å². The first kappa shape index (κ1) is 13.9. The fraction of sp³-hybridized carbons (Fsp3) is 0.182. The molecule has 0 aliphatic carbocycles. The van der Waals surface area contributed by atoms with Gasteiger partial charge in [-0.2, -0.15) is 0 Å². The number of carboxylic acid groups (broad SMARTS) is 1. The van der Waals surface area contributed by atoms with Crippen molar-refractivity contribution in [2.24, 2.45) is 0 Å². The Morgan fingerprint density at radius 3 is 2.85 bits per heavy atom. The second kappa shape index (κ2) is 5.61. The number of nitrogens with zero attached hydrogens (tertiary/aromatic N) is 3. The summed E-state index contributed by atoms with van der Waals surface area (Å²) in [6.45, 7) is 2.14. The van der Waals surface area contributed by atoms with Gasteiger partial charge < -0.3 is 10.4 Å². The summed E-state index contributed by atoms with van der Waals surface area (Å²) in [6, 6.07) is 2.21. The van der Waals surface area contributed by atoms with Crippen LogP contribution in [0.3, 0.4) is 0 Å². The fourth-order valence-electron chi connectivity index (χ4n) is 1.49. The first-order valence-electron chi connectivity index (χ1n) is 5.51. The van der Waals surface area contributed by atoms with Gasteiger partial charge in [-0.15, -0.1) is 11.3 Å². The molecule has 0 radical (unpaired) electrons. The number of rotatable bonds is 5. The molecule has 0 unspecified atom stereocenters. The SMILES string of the molecule is Cc1cnc(CNc2nc(C(=O)O)ccc2[N+](=O)[O-])s1. The van der Waals surface area contributed by atoms with E-state index < -0.39 is 10.9 Å². The summed E-state index contributed by atoms with van der Waals surface area (Å²) in [5.74, 6) is -1.32. The molecule has 8 nitrogen and oxygen atoms in total. The van der Waals surface area contributed by atoms with Gasteiger partial charge in [0.1, 0.15) is 5.01 Å². The van der Waals surface area contributed by atoms with Gasteiger partial charge in [0.05, 0.1) is 11.5 Å². The summed E-state index contributed by atoms with van der Waals surface area (Å²) in [4.78, 5) is 30.0. The Morgan fingerprint density at radius 1 is 1.55 bits per heavy atom. The Hall–Kier alpha value is -2.55. The van der Waals surface area contributed by atoms with E-state index in [1.54, 1.807) is 6.20 Å². The summed E-state index contributed by atoms with van der Waals surface area (Å²) in [5, 5.41) is 23.2. The molecule has 2 heterocycles. The van der Waals surface area contributed by atoms with Crippen LogP contribution >= 0.6 is 11.3 Å². The minimum atomic E-state index is -1.24. The fourth-order valence-corrected chi connectivity index (χ4v) is 2.22. The zero-order valence-corrected chi connectivity index (χ0v) is 11.2. The highest BCUT2D eigenvalue weighted by molar-refractivity contribution is 7.11. The number of aryl methyl sites for hydroxylation is 1. The van der Waals surface area contributed by atoms with Crippen molar-refractivity contribution in [3.05, 3.63) is 44.0 Å². The maximum absolute atomic E-state index is 10.9. The summed E-state index contributed by atoms with van der Waals surface area (Å²) in [7, 11) is 0. The molecule has 2 aromatic heterocycles. The molecule has 0 aliphatic heterocycles. The number of thiazole rings is 1. The Labute approximate surface area is 117 Å². The van der Waals surface area contributed by atoms with Crippen molar-refractivity contribution in [2.75, 3.05) is 5.32 Å². The van der Waals surface area contributed by atoms with E-state index in [1.807, 2.05) is 6.92 Å². The molecule has 0 fully saturated rings. The van der Waals surface area contributed by atoms with Gasteiger partial charge in [-0.3, -0.25) is 10.1 Å². The number of carbonyl (C=O) groups is 1. The topological polar surface area (TPSA) is 118 Å². The summed E-state index contributed by atoms with van der Waals surface area (Å²) in [5.41, 5.74) is -0.531. The van der Waals surface area contributed by atoms with Crippen LogP contribution in [0.4, 0.5) is 11.5 Å². The first-order valence-corrected chi connectivity index (χ1v) is 6.33. The van der Waals surface area contributed by atoms with E-state index >= 15 is 0 Å². The Morgan fingerprint density at radius 2 is 2.30 bits per heavy atom. The van der Waals surface area contributed by atoms with Gasteiger partial charge in [-0.05, 0) is 13.0 Å². The largest absolute Gasteiger partial charge is 0.477 e. The van der Waals surface area contributed by atoms with Gasteiger partial charge in [0, 0.05) is 17.1 Å². The molecule has 0 aromatic carbocycles. The number of nitro groups is 1. The normalized spacial score (nSPS) is 10.2. The Bertz CT molecular complexity index is 670. The molecule has 2 aromatic rings. The third kappa shape index (κ3) is 3.06. The molecule has 0 atom stereocenters.